The lowest BCUT2D eigenvalue weighted by molar-refractivity contribution is 0.179. The van der Waals surface area contributed by atoms with Crippen molar-refractivity contribution in [3.8, 4) is 5.75 Å². The molecule has 1 aromatic heterocycles. The highest BCUT2D eigenvalue weighted by Gasteiger charge is 2.26. The molecule has 1 atom stereocenters. The molecule has 3 rings (SSSR count). The molecule has 0 radical (unpaired) electrons. The molecule has 6 nitrogen and oxygen atoms in total. The second kappa shape index (κ2) is 5.44. The number of nitrogens with one attached hydrogen (secondary N) is 1. The molecule has 3 N–H and O–H groups in total. The maximum atomic E-state index is 5.89. The number of aromatic nitrogens is 2. The molecular formula is C14H16N4O2. The summed E-state index contributed by atoms with van der Waals surface area (Å²) >= 11 is 0. The minimum absolute atomic E-state index is 0.184. The van der Waals surface area contributed by atoms with Crippen LogP contribution in [-0.2, 0) is 17.8 Å². The molecule has 2 aromatic rings. The fraction of sp³-hybridized carbons (Fsp3) is 0.286. The number of nitrogens with zero attached hydrogens (tertiary/aromatic N) is 2. The summed E-state index contributed by atoms with van der Waals surface area (Å²) in [5.74, 6) is 7.51. The van der Waals surface area contributed by atoms with Crippen molar-refractivity contribution in [3.05, 3.63) is 47.4 Å². The minimum atomic E-state index is -0.184. The van der Waals surface area contributed by atoms with E-state index in [9.17, 15) is 0 Å². The Labute approximate surface area is 116 Å². The molecular weight excluding hydrogens is 256 g/mol. The van der Waals surface area contributed by atoms with Crippen LogP contribution in [0.4, 0.5) is 5.82 Å². The fourth-order valence-electron chi connectivity index (χ4n) is 2.28. The van der Waals surface area contributed by atoms with E-state index in [1.807, 2.05) is 18.2 Å². The van der Waals surface area contributed by atoms with E-state index >= 15 is 0 Å². The minimum Gasteiger partial charge on any atom is -0.482 e. The Hall–Kier alpha value is -2.18. The Kier molecular flexibility index (Phi) is 3.49. The van der Waals surface area contributed by atoms with Gasteiger partial charge in [-0.05, 0) is 11.6 Å². The molecule has 1 aliphatic rings. The number of fused-ring (bicyclic) bond motifs is 1. The van der Waals surface area contributed by atoms with Gasteiger partial charge in [-0.15, -0.1) is 0 Å². The van der Waals surface area contributed by atoms with Crippen LogP contribution in [0.25, 0.3) is 0 Å². The third kappa shape index (κ3) is 2.43. The molecule has 6 heteroatoms. The van der Waals surface area contributed by atoms with Crippen molar-refractivity contribution in [2.24, 2.45) is 5.84 Å². The number of anilines is 1. The smallest absolute Gasteiger partial charge is 0.172 e. The van der Waals surface area contributed by atoms with Gasteiger partial charge in [0.15, 0.2) is 11.9 Å². The van der Waals surface area contributed by atoms with Crippen LogP contribution in [0.15, 0.2) is 30.3 Å². The number of benzene rings is 1. The average molecular weight is 272 g/mol. The molecule has 20 heavy (non-hydrogen) atoms. The summed E-state index contributed by atoms with van der Waals surface area (Å²) in [7, 11) is 1.62. The molecule has 0 bridgehead atoms. The van der Waals surface area contributed by atoms with Crippen LogP contribution in [0.5, 0.6) is 5.75 Å². The first-order valence-electron chi connectivity index (χ1n) is 6.38. The Bertz CT molecular complexity index is 593. The Balaban J connectivity index is 1.89. The number of para-hydroxylation sites is 1. The predicted molar refractivity (Wildman–Crippen MR) is 74.1 cm³/mol. The highest BCUT2D eigenvalue weighted by molar-refractivity contribution is 5.40. The molecule has 0 saturated heterocycles. The summed E-state index contributed by atoms with van der Waals surface area (Å²) in [5, 5.41) is 0. The number of hydrogen-bond donors (Lipinski definition) is 2. The predicted octanol–water partition coefficient (Wildman–Crippen LogP) is 1.58. The highest BCUT2D eigenvalue weighted by atomic mass is 16.5. The van der Waals surface area contributed by atoms with E-state index < -0.39 is 0 Å². The third-order valence-corrected chi connectivity index (χ3v) is 3.17. The number of nitrogens with two attached hydrogens (primary N) is 1. The molecule has 0 fully saturated rings. The molecule has 1 unspecified atom stereocenters. The van der Waals surface area contributed by atoms with Gasteiger partial charge in [0, 0.05) is 19.6 Å². The van der Waals surface area contributed by atoms with E-state index in [2.05, 4.69) is 21.5 Å². The van der Waals surface area contributed by atoms with Crippen molar-refractivity contribution in [2.75, 3.05) is 12.5 Å². The molecule has 0 spiro atoms. The molecule has 0 saturated carbocycles. The summed E-state index contributed by atoms with van der Waals surface area (Å²) in [6.45, 7) is 0.407. The summed E-state index contributed by atoms with van der Waals surface area (Å²) < 4.78 is 11.0. The first kappa shape index (κ1) is 12.8. The van der Waals surface area contributed by atoms with Gasteiger partial charge in [0.1, 0.15) is 11.6 Å². The van der Waals surface area contributed by atoms with Crippen molar-refractivity contribution in [2.45, 2.75) is 19.1 Å². The normalized spacial score (nSPS) is 16.6. The molecule has 104 valence electrons. The lowest BCUT2D eigenvalue weighted by Gasteiger charge is -2.12. The zero-order valence-electron chi connectivity index (χ0n) is 11.2. The number of hydrogen-bond acceptors (Lipinski definition) is 6. The van der Waals surface area contributed by atoms with Crippen molar-refractivity contribution >= 4 is 5.82 Å². The van der Waals surface area contributed by atoms with Gasteiger partial charge in [0.25, 0.3) is 0 Å². The van der Waals surface area contributed by atoms with Crippen LogP contribution in [0.3, 0.4) is 0 Å². The van der Waals surface area contributed by atoms with Gasteiger partial charge >= 0.3 is 0 Å². The standard InChI is InChI=1S/C14H16N4O2/c1-19-8-10-7-13(18-15)17-14(16-10)12-6-9-4-2-3-5-11(9)20-12/h2-5,7,12H,6,8,15H2,1H3,(H,16,17,18). The van der Waals surface area contributed by atoms with Crippen LogP contribution in [-0.4, -0.2) is 17.1 Å². The Morgan fingerprint density at radius 3 is 3.00 bits per heavy atom. The van der Waals surface area contributed by atoms with Crippen LogP contribution in [0, 0.1) is 0 Å². The fourth-order valence-corrected chi connectivity index (χ4v) is 2.28. The lowest BCUT2D eigenvalue weighted by atomic mass is 10.1. The SMILES string of the molecule is COCc1cc(NN)nc(C2Cc3ccccc3O2)n1. The van der Waals surface area contributed by atoms with E-state index in [0.717, 1.165) is 17.9 Å². The topological polar surface area (TPSA) is 82.3 Å². The van der Waals surface area contributed by atoms with Gasteiger partial charge in [-0.3, -0.25) is 0 Å². The monoisotopic (exact) mass is 272 g/mol. The van der Waals surface area contributed by atoms with Gasteiger partial charge < -0.3 is 14.9 Å². The lowest BCUT2D eigenvalue weighted by Crippen LogP contribution is -2.15. The van der Waals surface area contributed by atoms with E-state index in [1.165, 1.54) is 5.56 Å². The summed E-state index contributed by atoms with van der Waals surface area (Å²) in [5.41, 5.74) is 4.48. The largest absolute Gasteiger partial charge is 0.482 e. The van der Waals surface area contributed by atoms with E-state index in [1.54, 1.807) is 13.2 Å². The zero-order valence-corrected chi connectivity index (χ0v) is 11.2. The second-order valence-electron chi connectivity index (χ2n) is 4.60. The molecule has 0 amide bonds. The van der Waals surface area contributed by atoms with Gasteiger partial charge in [0.2, 0.25) is 0 Å². The van der Waals surface area contributed by atoms with Gasteiger partial charge in [0.05, 0.1) is 12.3 Å². The van der Waals surface area contributed by atoms with Crippen LogP contribution in [0.1, 0.15) is 23.2 Å². The van der Waals surface area contributed by atoms with Crippen LogP contribution >= 0.6 is 0 Å². The first-order valence-corrected chi connectivity index (χ1v) is 6.38. The number of ether oxygens (including phenoxy) is 2. The maximum absolute atomic E-state index is 5.89. The van der Waals surface area contributed by atoms with Crippen LogP contribution < -0.4 is 16.0 Å². The molecule has 1 aliphatic heterocycles. The van der Waals surface area contributed by atoms with Crippen molar-refractivity contribution in [3.63, 3.8) is 0 Å². The van der Waals surface area contributed by atoms with Gasteiger partial charge in [-0.25, -0.2) is 15.8 Å². The Morgan fingerprint density at radius 1 is 1.40 bits per heavy atom. The number of nitrogen functional groups attached to an aromatic ring is 1. The van der Waals surface area contributed by atoms with E-state index in [-0.39, 0.29) is 6.10 Å². The summed E-state index contributed by atoms with van der Waals surface area (Å²) in [4.78, 5) is 8.85. The van der Waals surface area contributed by atoms with Crippen LogP contribution in [0.2, 0.25) is 0 Å². The number of hydrazine groups is 1. The number of rotatable bonds is 4. The second-order valence-corrected chi connectivity index (χ2v) is 4.60. The van der Waals surface area contributed by atoms with E-state index in [0.29, 0.717) is 18.2 Å². The highest BCUT2D eigenvalue weighted by Crippen LogP contribution is 2.35. The van der Waals surface area contributed by atoms with Crippen molar-refractivity contribution in [1.29, 1.82) is 0 Å². The van der Waals surface area contributed by atoms with Crippen molar-refractivity contribution < 1.29 is 9.47 Å². The molecule has 2 heterocycles. The van der Waals surface area contributed by atoms with Gasteiger partial charge in [-0.1, -0.05) is 18.2 Å². The maximum Gasteiger partial charge on any atom is 0.172 e. The molecule has 0 aliphatic carbocycles. The molecule has 1 aromatic carbocycles. The van der Waals surface area contributed by atoms with Gasteiger partial charge in [-0.2, -0.15) is 0 Å². The van der Waals surface area contributed by atoms with Crippen molar-refractivity contribution in [1.82, 2.24) is 9.97 Å². The quantitative estimate of drug-likeness (QED) is 0.649. The number of methoxy groups -OCH3 is 1. The average Bonchev–Trinajstić information content (AvgIpc) is 2.91. The summed E-state index contributed by atoms with van der Waals surface area (Å²) in [6, 6.07) is 9.72. The van der Waals surface area contributed by atoms with E-state index in [4.69, 9.17) is 15.3 Å². The zero-order chi connectivity index (χ0) is 13.9. The first-order chi connectivity index (χ1) is 9.80. The summed E-state index contributed by atoms with van der Waals surface area (Å²) in [6.07, 6.45) is 0.577. The third-order valence-electron chi connectivity index (χ3n) is 3.17. The Morgan fingerprint density at radius 2 is 2.25 bits per heavy atom.